The first-order valence-corrected chi connectivity index (χ1v) is 10.3. The molecule has 0 saturated heterocycles. The average molecular weight is 381 g/mol. The van der Waals surface area contributed by atoms with E-state index in [-0.39, 0.29) is 16.2 Å². The van der Waals surface area contributed by atoms with Crippen molar-refractivity contribution in [3.8, 4) is 5.75 Å². The van der Waals surface area contributed by atoms with E-state index >= 15 is 0 Å². The minimum absolute atomic E-state index is 0.0967. The number of nitrogens with two attached hydrogens (primary N) is 1. The molecule has 1 aliphatic rings. The Morgan fingerprint density at radius 1 is 1.28 bits per heavy atom. The smallest absolute Gasteiger partial charge is 0.261 e. The summed E-state index contributed by atoms with van der Waals surface area (Å²) in [7, 11) is -2.50. The zero-order chi connectivity index (χ0) is 18.0. The van der Waals surface area contributed by atoms with Crippen molar-refractivity contribution in [2.24, 2.45) is 5.14 Å². The van der Waals surface area contributed by atoms with Gasteiger partial charge in [0.05, 0.1) is 23.3 Å². The third-order valence-electron chi connectivity index (χ3n) is 4.06. The Bertz CT molecular complexity index is 883. The standard InChI is InChI=1S/C16H19N3O4S2/c1-23-13-8-7-10(25(17,21)22)9-11(13)15(20)19-16-18-12-5-3-2-4-6-14(12)24-16/h7-9H,2-6H2,1H3,(H2,17,21,22)(H,18,19,20). The lowest BCUT2D eigenvalue weighted by Gasteiger charge is -2.09. The van der Waals surface area contributed by atoms with Crippen molar-refractivity contribution in [1.82, 2.24) is 4.98 Å². The van der Waals surface area contributed by atoms with E-state index in [1.807, 2.05) is 0 Å². The monoisotopic (exact) mass is 381 g/mol. The van der Waals surface area contributed by atoms with E-state index in [2.05, 4.69) is 10.3 Å². The van der Waals surface area contributed by atoms with Gasteiger partial charge >= 0.3 is 0 Å². The Balaban J connectivity index is 1.88. The minimum Gasteiger partial charge on any atom is -0.496 e. The van der Waals surface area contributed by atoms with Crippen LogP contribution in [0.4, 0.5) is 5.13 Å². The summed E-state index contributed by atoms with van der Waals surface area (Å²) in [6.07, 6.45) is 5.34. The van der Waals surface area contributed by atoms with E-state index in [4.69, 9.17) is 9.88 Å². The van der Waals surface area contributed by atoms with Gasteiger partial charge in [-0.15, -0.1) is 11.3 Å². The third-order valence-corrected chi connectivity index (χ3v) is 6.04. The number of hydrogen-bond acceptors (Lipinski definition) is 6. The first-order chi connectivity index (χ1) is 11.9. The van der Waals surface area contributed by atoms with E-state index < -0.39 is 15.9 Å². The normalized spacial score (nSPS) is 14.5. The zero-order valence-electron chi connectivity index (χ0n) is 13.7. The number of carbonyl (C=O) groups is 1. The van der Waals surface area contributed by atoms with Gasteiger partial charge < -0.3 is 4.74 Å². The van der Waals surface area contributed by atoms with E-state index in [0.717, 1.165) is 31.4 Å². The van der Waals surface area contributed by atoms with Gasteiger partial charge in [-0.2, -0.15) is 0 Å². The summed E-state index contributed by atoms with van der Waals surface area (Å²) in [5.74, 6) is -0.214. The van der Waals surface area contributed by atoms with Crippen LogP contribution < -0.4 is 15.2 Å². The Morgan fingerprint density at radius 2 is 2.04 bits per heavy atom. The van der Waals surface area contributed by atoms with Crippen molar-refractivity contribution < 1.29 is 17.9 Å². The molecular formula is C16H19N3O4S2. The highest BCUT2D eigenvalue weighted by Gasteiger charge is 2.20. The SMILES string of the molecule is COc1ccc(S(N)(=O)=O)cc1C(=O)Nc1nc2c(s1)CCCCC2. The molecule has 1 heterocycles. The molecule has 7 nitrogen and oxygen atoms in total. The Kier molecular flexibility index (Phi) is 5.07. The van der Waals surface area contributed by atoms with Crippen molar-refractivity contribution in [1.29, 1.82) is 0 Å². The molecule has 1 aromatic heterocycles. The summed E-state index contributed by atoms with van der Waals surface area (Å²) in [4.78, 5) is 18.2. The number of aromatic nitrogens is 1. The number of ether oxygens (including phenoxy) is 1. The van der Waals surface area contributed by atoms with Crippen LogP contribution in [0.2, 0.25) is 0 Å². The summed E-state index contributed by atoms with van der Waals surface area (Å²) in [5, 5.41) is 8.40. The molecule has 25 heavy (non-hydrogen) atoms. The Labute approximate surface area is 150 Å². The van der Waals surface area contributed by atoms with Gasteiger partial charge in [0.2, 0.25) is 10.0 Å². The maximum atomic E-state index is 12.6. The van der Waals surface area contributed by atoms with E-state index in [9.17, 15) is 13.2 Å². The molecule has 134 valence electrons. The molecule has 3 N–H and O–H groups in total. The summed E-state index contributed by atoms with van der Waals surface area (Å²) >= 11 is 1.47. The number of thiazole rings is 1. The van der Waals surface area contributed by atoms with Crippen LogP contribution in [0.1, 0.15) is 40.2 Å². The fourth-order valence-electron chi connectivity index (χ4n) is 2.79. The van der Waals surface area contributed by atoms with Crippen LogP contribution in [0, 0.1) is 0 Å². The fraction of sp³-hybridized carbons (Fsp3) is 0.375. The second-order valence-electron chi connectivity index (χ2n) is 5.81. The highest BCUT2D eigenvalue weighted by Crippen LogP contribution is 2.30. The van der Waals surface area contributed by atoms with Gasteiger partial charge in [0.1, 0.15) is 5.75 Å². The number of aryl methyl sites for hydroxylation is 2. The lowest BCUT2D eigenvalue weighted by atomic mass is 10.2. The van der Waals surface area contributed by atoms with Gasteiger partial charge in [-0.1, -0.05) is 6.42 Å². The van der Waals surface area contributed by atoms with Gasteiger partial charge in [-0.3, -0.25) is 10.1 Å². The summed E-state index contributed by atoms with van der Waals surface area (Å²) in [5.41, 5.74) is 1.14. The molecule has 0 saturated carbocycles. The van der Waals surface area contributed by atoms with Crippen LogP contribution in [-0.2, 0) is 22.9 Å². The van der Waals surface area contributed by atoms with Crippen molar-refractivity contribution in [3.05, 3.63) is 34.3 Å². The van der Waals surface area contributed by atoms with Crippen molar-refractivity contribution in [3.63, 3.8) is 0 Å². The molecule has 1 aliphatic carbocycles. The average Bonchev–Trinajstić information content (AvgIpc) is 2.81. The molecule has 0 atom stereocenters. The fourth-order valence-corrected chi connectivity index (χ4v) is 4.37. The summed E-state index contributed by atoms with van der Waals surface area (Å²) in [6.45, 7) is 0. The number of hydrogen-bond donors (Lipinski definition) is 2. The molecule has 0 spiro atoms. The van der Waals surface area contributed by atoms with Crippen LogP contribution in [-0.4, -0.2) is 26.4 Å². The van der Waals surface area contributed by atoms with Gasteiger partial charge in [-0.25, -0.2) is 18.5 Å². The number of sulfonamides is 1. The highest BCUT2D eigenvalue weighted by molar-refractivity contribution is 7.89. The second kappa shape index (κ2) is 7.11. The number of primary sulfonamides is 1. The molecule has 2 aromatic rings. The lowest BCUT2D eigenvalue weighted by Crippen LogP contribution is -2.16. The number of nitrogens with one attached hydrogen (secondary N) is 1. The summed E-state index contributed by atoms with van der Waals surface area (Å²) in [6, 6.07) is 3.92. The van der Waals surface area contributed by atoms with Gasteiger partial charge in [0, 0.05) is 4.88 Å². The maximum Gasteiger partial charge on any atom is 0.261 e. The van der Waals surface area contributed by atoms with Gasteiger partial charge in [-0.05, 0) is 43.9 Å². The van der Waals surface area contributed by atoms with Gasteiger partial charge in [0.15, 0.2) is 5.13 Å². The topological polar surface area (TPSA) is 111 Å². The predicted molar refractivity (Wildman–Crippen MR) is 95.7 cm³/mol. The number of methoxy groups -OCH3 is 1. The molecule has 1 aromatic carbocycles. The predicted octanol–water partition coefficient (Wildman–Crippen LogP) is 2.32. The first kappa shape index (κ1) is 17.8. The molecule has 0 fully saturated rings. The number of rotatable bonds is 4. The molecule has 3 rings (SSSR count). The van der Waals surface area contributed by atoms with Crippen molar-refractivity contribution >= 4 is 32.4 Å². The van der Waals surface area contributed by atoms with Gasteiger partial charge in [0.25, 0.3) is 5.91 Å². The van der Waals surface area contributed by atoms with Crippen LogP contribution in [0.15, 0.2) is 23.1 Å². The zero-order valence-corrected chi connectivity index (χ0v) is 15.4. The maximum absolute atomic E-state index is 12.6. The molecule has 0 radical (unpaired) electrons. The quantitative estimate of drug-likeness (QED) is 0.790. The lowest BCUT2D eigenvalue weighted by molar-refractivity contribution is 0.102. The molecule has 0 aliphatic heterocycles. The Morgan fingerprint density at radius 3 is 2.76 bits per heavy atom. The van der Waals surface area contributed by atoms with E-state index in [1.54, 1.807) is 0 Å². The van der Waals surface area contributed by atoms with E-state index in [0.29, 0.717) is 5.13 Å². The number of anilines is 1. The highest BCUT2D eigenvalue weighted by atomic mass is 32.2. The third kappa shape index (κ3) is 4.00. The van der Waals surface area contributed by atoms with E-state index in [1.165, 1.54) is 47.9 Å². The molecule has 0 unspecified atom stereocenters. The number of carbonyl (C=O) groups excluding carboxylic acids is 1. The van der Waals surface area contributed by atoms with Crippen LogP contribution in [0.5, 0.6) is 5.75 Å². The number of amides is 1. The largest absolute Gasteiger partial charge is 0.496 e. The van der Waals surface area contributed by atoms with Crippen molar-refractivity contribution in [2.45, 2.75) is 37.0 Å². The Hall–Kier alpha value is -1.97. The first-order valence-electron chi connectivity index (χ1n) is 7.89. The van der Waals surface area contributed by atoms with Crippen LogP contribution in [0.3, 0.4) is 0 Å². The summed E-state index contributed by atoms with van der Waals surface area (Å²) < 4.78 is 28.2. The molecule has 9 heteroatoms. The molecule has 1 amide bonds. The number of nitrogens with zero attached hydrogens (tertiary/aromatic N) is 1. The number of fused-ring (bicyclic) bond motifs is 1. The second-order valence-corrected chi connectivity index (χ2v) is 8.46. The van der Waals surface area contributed by atoms with Crippen LogP contribution >= 0.6 is 11.3 Å². The minimum atomic E-state index is -3.91. The molecule has 0 bridgehead atoms. The van der Waals surface area contributed by atoms with Crippen LogP contribution in [0.25, 0.3) is 0 Å². The number of benzene rings is 1. The van der Waals surface area contributed by atoms with Crippen molar-refractivity contribution in [2.75, 3.05) is 12.4 Å². The molecular weight excluding hydrogens is 362 g/mol.